The van der Waals surface area contributed by atoms with Crippen LogP contribution in [0.2, 0.25) is 0 Å². The van der Waals surface area contributed by atoms with Crippen LogP contribution in [0.1, 0.15) is 77.6 Å². The van der Waals surface area contributed by atoms with Gasteiger partial charge < -0.3 is 20.9 Å². The van der Waals surface area contributed by atoms with Crippen molar-refractivity contribution in [2.75, 3.05) is 7.11 Å². The summed E-state index contributed by atoms with van der Waals surface area (Å²) in [4.78, 5) is 34.6. The predicted octanol–water partition coefficient (Wildman–Crippen LogP) is 3.47. The maximum absolute atomic E-state index is 12.0. The molecule has 0 rings (SSSR count). The van der Waals surface area contributed by atoms with E-state index in [9.17, 15) is 14.4 Å². The molecule has 0 radical (unpaired) electrons. The molecular formula is C24H40N2O5. The summed E-state index contributed by atoms with van der Waals surface area (Å²) in [5, 5.41) is 11.7. The number of hydrogen-bond donors (Lipinski definition) is 3. The largest absolute Gasteiger partial charge is 0.467 e. The average Bonchev–Trinajstić information content (AvgIpc) is 2.72. The lowest BCUT2D eigenvalue weighted by Gasteiger charge is -2.15. The van der Waals surface area contributed by atoms with Gasteiger partial charge in [-0.15, -0.1) is 0 Å². The lowest BCUT2D eigenvalue weighted by Crippen LogP contribution is -2.42. The van der Waals surface area contributed by atoms with Gasteiger partial charge in [0.05, 0.1) is 13.2 Å². The van der Waals surface area contributed by atoms with E-state index in [0.29, 0.717) is 6.42 Å². The molecule has 31 heavy (non-hydrogen) atoms. The third-order valence-electron chi connectivity index (χ3n) is 4.57. The van der Waals surface area contributed by atoms with Gasteiger partial charge in [0.15, 0.2) is 0 Å². The molecule has 0 aliphatic carbocycles. The lowest BCUT2D eigenvalue weighted by atomic mass is 10.1. The zero-order valence-electron chi connectivity index (χ0n) is 19.1. The number of amides is 2. The maximum Gasteiger partial charge on any atom is 0.328 e. The molecule has 0 fully saturated rings. The quantitative estimate of drug-likeness (QED) is 0.173. The van der Waals surface area contributed by atoms with E-state index in [-0.39, 0.29) is 24.9 Å². The number of primary amides is 1. The van der Waals surface area contributed by atoms with Crippen molar-refractivity contribution in [3.8, 4) is 0 Å². The van der Waals surface area contributed by atoms with E-state index in [4.69, 9.17) is 10.8 Å². The molecule has 0 saturated heterocycles. The number of rotatable bonds is 18. The number of aliphatic hydroxyl groups excluding tert-OH is 1. The SMILES string of the molecule is COC(=O)[C@H](CCC(N)=O)NC(=O)CCCCCCC/C=C\C/C=C\C/C=C\C(C)O. The van der Waals surface area contributed by atoms with Crippen molar-refractivity contribution in [3.63, 3.8) is 0 Å². The van der Waals surface area contributed by atoms with Crippen LogP contribution in [0.3, 0.4) is 0 Å². The van der Waals surface area contributed by atoms with Crippen LogP contribution in [0, 0.1) is 0 Å². The Kier molecular flexibility index (Phi) is 18.0. The molecule has 0 aromatic rings. The summed E-state index contributed by atoms with van der Waals surface area (Å²) in [6, 6.07) is -0.827. The number of allylic oxidation sites excluding steroid dienone is 5. The van der Waals surface area contributed by atoms with Crippen molar-refractivity contribution < 1.29 is 24.2 Å². The Morgan fingerprint density at radius 2 is 1.55 bits per heavy atom. The summed E-state index contributed by atoms with van der Waals surface area (Å²) in [7, 11) is 1.25. The number of aliphatic hydroxyl groups is 1. The summed E-state index contributed by atoms with van der Waals surface area (Å²) >= 11 is 0. The minimum Gasteiger partial charge on any atom is -0.467 e. The Morgan fingerprint density at radius 3 is 2.19 bits per heavy atom. The molecule has 2 amide bonds. The van der Waals surface area contributed by atoms with Crippen molar-refractivity contribution in [2.45, 2.75) is 89.7 Å². The molecule has 176 valence electrons. The monoisotopic (exact) mass is 436 g/mol. The van der Waals surface area contributed by atoms with Crippen molar-refractivity contribution in [1.82, 2.24) is 5.32 Å². The van der Waals surface area contributed by atoms with Crippen molar-refractivity contribution in [3.05, 3.63) is 36.5 Å². The summed E-state index contributed by atoms with van der Waals surface area (Å²) in [6.45, 7) is 1.73. The van der Waals surface area contributed by atoms with Crippen LogP contribution in [-0.4, -0.2) is 42.1 Å². The van der Waals surface area contributed by atoms with E-state index in [1.165, 1.54) is 7.11 Å². The van der Waals surface area contributed by atoms with Crippen LogP contribution >= 0.6 is 0 Å². The molecule has 0 spiro atoms. The van der Waals surface area contributed by atoms with Crippen LogP contribution in [-0.2, 0) is 19.1 Å². The zero-order valence-corrected chi connectivity index (χ0v) is 19.1. The van der Waals surface area contributed by atoms with Crippen molar-refractivity contribution >= 4 is 17.8 Å². The highest BCUT2D eigenvalue weighted by Gasteiger charge is 2.21. The number of carbonyl (C=O) groups is 3. The molecule has 0 heterocycles. The first-order valence-electron chi connectivity index (χ1n) is 11.2. The minimum absolute atomic E-state index is 0.0199. The van der Waals surface area contributed by atoms with Crippen molar-refractivity contribution in [1.29, 1.82) is 0 Å². The molecule has 0 saturated carbocycles. The highest BCUT2D eigenvalue weighted by molar-refractivity contribution is 5.85. The molecule has 7 nitrogen and oxygen atoms in total. The summed E-state index contributed by atoms with van der Waals surface area (Å²) in [5.74, 6) is -1.29. The number of hydrogen-bond acceptors (Lipinski definition) is 5. The number of methoxy groups -OCH3 is 1. The summed E-state index contributed by atoms with van der Waals surface area (Å²) in [6.07, 6.45) is 20.3. The van der Waals surface area contributed by atoms with E-state index < -0.39 is 17.9 Å². The first-order chi connectivity index (χ1) is 14.9. The zero-order chi connectivity index (χ0) is 23.3. The number of ether oxygens (including phenoxy) is 1. The summed E-state index contributed by atoms with van der Waals surface area (Å²) < 4.78 is 4.65. The third-order valence-corrected chi connectivity index (χ3v) is 4.57. The van der Waals surface area contributed by atoms with E-state index in [0.717, 1.165) is 51.4 Å². The fraction of sp³-hybridized carbons (Fsp3) is 0.625. The van der Waals surface area contributed by atoms with Gasteiger partial charge >= 0.3 is 5.97 Å². The fourth-order valence-corrected chi connectivity index (χ4v) is 2.86. The van der Waals surface area contributed by atoms with Gasteiger partial charge in [0.2, 0.25) is 11.8 Å². The topological polar surface area (TPSA) is 119 Å². The lowest BCUT2D eigenvalue weighted by molar-refractivity contribution is -0.145. The summed E-state index contributed by atoms with van der Waals surface area (Å²) in [5.41, 5.74) is 5.10. The molecule has 7 heteroatoms. The Morgan fingerprint density at radius 1 is 0.935 bits per heavy atom. The molecular weight excluding hydrogens is 396 g/mol. The van der Waals surface area contributed by atoms with Crippen LogP contribution in [0.5, 0.6) is 0 Å². The number of nitrogens with one attached hydrogen (secondary N) is 1. The smallest absolute Gasteiger partial charge is 0.328 e. The number of esters is 1. The molecule has 4 N–H and O–H groups in total. The van der Waals surface area contributed by atoms with Crippen LogP contribution in [0.4, 0.5) is 0 Å². The van der Waals surface area contributed by atoms with Crippen LogP contribution < -0.4 is 11.1 Å². The second-order valence-electron chi connectivity index (χ2n) is 7.54. The molecule has 0 aromatic heterocycles. The fourth-order valence-electron chi connectivity index (χ4n) is 2.86. The predicted molar refractivity (Wildman–Crippen MR) is 123 cm³/mol. The average molecular weight is 437 g/mol. The van der Waals surface area contributed by atoms with Gasteiger partial charge in [0.25, 0.3) is 0 Å². The Labute approximate surface area is 186 Å². The van der Waals surface area contributed by atoms with Crippen LogP contribution in [0.25, 0.3) is 0 Å². The first-order valence-corrected chi connectivity index (χ1v) is 11.2. The Hall–Kier alpha value is -2.41. The van der Waals surface area contributed by atoms with Gasteiger partial charge in [-0.05, 0) is 45.4 Å². The standard InChI is InChI=1S/C24H40N2O5/c1-20(27)16-14-12-10-8-6-4-3-5-7-9-11-13-15-17-23(29)26-21(24(30)31-2)18-19-22(25)28/h3-4,8,10,14,16,20-21,27H,5-7,9,11-13,15,17-19H2,1-2H3,(H2,25,28)(H,26,29)/b4-3-,10-8-,16-14-/t20?,21-/m0/s1. The first kappa shape index (κ1) is 28.6. The Bertz CT molecular complexity index is 597. The maximum atomic E-state index is 12.0. The van der Waals surface area contributed by atoms with Gasteiger partial charge in [-0.3, -0.25) is 9.59 Å². The highest BCUT2D eigenvalue weighted by Crippen LogP contribution is 2.09. The number of nitrogens with two attached hydrogens (primary N) is 1. The van der Waals surface area contributed by atoms with Gasteiger partial charge in [0, 0.05) is 12.8 Å². The second-order valence-corrected chi connectivity index (χ2v) is 7.54. The molecule has 0 aliphatic rings. The molecule has 0 aliphatic heterocycles. The number of carbonyl (C=O) groups excluding carboxylic acids is 3. The normalized spacial score (nSPS) is 13.6. The third kappa shape index (κ3) is 19.3. The van der Waals surface area contributed by atoms with E-state index in [1.54, 1.807) is 13.0 Å². The Balaban J connectivity index is 3.74. The second kappa shape index (κ2) is 19.5. The van der Waals surface area contributed by atoms with E-state index in [1.807, 2.05) is 6.08 Å². The van der Waals surface area contributed by atoms with E-state index >= 15 is 0 Å². The van der Waals surface area contributed by atoms with Gasteiger partial charge in [-0.25, -0.2) is 4.79 Å². The van der Waals surface area contributed by atoms with E-state index in [2.05, 4.69) is 34.4 Å². The number of unbranched alkanes of at least 4 members (excludes halogenated alkanes) is 5. The van der Waals surface area contributed by atoms with Gasteiger partial charge in [-0.2, -0.15) is 0 Å². The molecule has 0 aromatic carbocycles. The van der Waals surface area contributed by atoms with Crippen molar-refractivity contribution in [2.24, 2.45) is 5.73 Å². The molecule has 2 atom stereocenters. The van der Waals surface area contributed by atoms with Crippen LogP contribution in [0.15, 0.2) is 36.5 Å². The minimum atomic E-state index is -0.827. The molecule has 1 unspecified atom stereocenters. The van der Waals surface area contributed by atoms with Gasteiger partial charge in [0.1, 0.15) is 6.04 Å². The molecule has 0 bridgehead atoms. The highest BCUT2D eigenvalue weighted by atomic mass is 16.5. The van der Waals surface area contributed by atoms with Gasteiger partial charge in [-0.1, -0.05) is 55.7 Å².